The first kappa shape index (κ1) is 15.4. The Labute approximate surface area is 136 Å². The van der Waals surface area contributed by atoms with Crippen LogP contribution in [0.15, 0.2) is 42.9 Å². The predicted molar refractivity (Wildman–Crippen MR) is 83.2 cm³/mol. The van der Waals surface area contributed by atoms with Gasteiger partial charge in [-0.3, -0.25) is 4.98 Å². The number of hydrogen-bond acceptors (Lipinski definition) is 4. The summed E-state index contributed by atoms with van der Waals surface area (Å²) in [6.07, 6.45) is 4.03. The smallest absolute Gasteiger partial charge is 0.338 e. The summed E-state index contributed by atoms with van der Waals surface area (Å²) in [6, 6.07) is 8.11. The SMILES string of the molecule is Cc1cc(-c2ncc(-n3cc(C(=O)O)cn3)cc2C#N)ccc1F. The first-order valence-electron chi connectivity index (χ1n) is 6.94. The maximum atomic E-state index is 13.4. The lowest BCUT2D eigenvalue weighted by Gasteiger charge is -2.07. The second kappa shape index (κ2) is 5.93. The lowest BCUT2D eigenvalue weighted by molar-refractivity contribution is 0.0697. The van der Waals surface area contributed by atoms with Crippen molar-refractivity contribution in [2.75, 3.05) is 0 Å². The highest BCUT2D eigenvalue weighted by Crippen LogP contribution is 2.24. The Morgan fingerprint density at radius 3 is 2.75 bits per heavy atom. The third-order valence-electron chi connectivity index (χ3n) is 3.52. The maximum Gasteiger partial charge on any atom is 0.338 e. The molecule has 0 aliphatic rings. The Kier molecular flexibility index (Phi) is 3.80. The first-order chi connectivity index (χ1) is 11.5. The molecule has 24 heavy (non-hydrogen) atoms. The van der Waals surface area contributed by atoms with E-state index >= 15 is 0 Å². The number of nitriles is 1. The Bertz CT molecular complexity index is 988. The van der Waals surface area contributed by atoms with Gasteiger partial charge in [-0.25, -0.2) is 13.9 Å². The number of halogens is 1. The third kappa shape index (κ3) is 2.73. The highest BCUT2D eigenvalue weighted by molar-refractivity contribution is 5.87. The number of carbonyl (C=O) groups is 1. The van der Waals surface area contributed by atoms with Crippen molar-refractivity contribution in [1.29, 1.82) is 5.26 Å². The fraction of sp³-hybridized carbons (Fsp3) is 0.0588. The molecular weight excluding hydrogens is 311 g/mol. The summed E-state index contributed by atoms with van der Waals surface area (Å²) < 4.78 is 14.7. The van der Waals surface area contributed by atoms with Gasteiger partial charge in [-0.15, -0.1) is 0 Å². The molecule has 6 nitrogen and oxygen atoms in total. The number of pyridine rings is 1. The molecule has 0 bridgehead atoms. The maximum absolute atomic E-state index is 13.4. The Balaban J connectivity index is 2.06. The van der Waals surface area contributed by atoms with Crippen molar-refractivity contribution in [3.05, 3.63) is 65.4 Å². The highest BCUT2D eigenvalue weighted by Gasteiger charge is 2.12. The van der Waals surface area contributed by atoms with Gasteiger partial charge in [0.05, 0.1) is 34.9 Å². The minimum Gasteiger partial charge on any atom is -0.478 e. The molecule has 1 N–H and O–H groups in total. The Morgan fingerprint density at radius 2 is 2.12 bits per heavy atom. The summed E-state index contributed by atoms with van der Waals surface area (Å²) in [5.41, 5.74) is 2.29. The van der Waals surface area contributed by atoms with Gasteiger partial charge in [-0.1, -0.05) is 0 Å². The number of aryl methyl sites for hydroxylation is 1. The molecule has 7 heteroatoms. The van der Waals surface area contributed by atoms with Gasteiger partial charge < -0.3 is 5.11 Å². The van der Waals surface area contributed by atoms with Crippen LogP contribution in [0.2, 0.25) is 0 Å². The number of benzene rings is 1. The van der Waals surface area contributed by atoms with E-state index in [0.29, 0.717) is 22.5 Å². The standard InChI is InChI=1S/C17H11FN4O2/c1-10-4-11(2-3-15(10)18)16-12(6-19)5-14(8-20-16)22-9-13(7-21-22)17(23)24/h2-5,7-9H,1H3,(H,23,24). The van der Waals surface area contributed by atoms with E-state index in [0.717, 1.165) is 0 Å². The number of carboxylic acid groups (broad SMARTS) is 1. The molecule has 118 valence electrons. The average Bonchev–Trinajstić information content (AvgIpc) is 3.07. The van der Waals surface area contributed by atoms with Gasteiger partial charge in [-0.05, 0) is 36.8 Å². The van der Waals surface area contributed by atoms with Gasteiger partial charge in [0, 0.05) is 11.8 Å². The van der Waals surface area contributed by atoms with E-state index < -0.39 is 5.97 Å². The van der Waals surface area contributed by atoms with Crippen molar-refractivity contribution in [1.82, 2.24) is 14.8 Å². The summed E-state index contributed by atoms with van der Waals surface area (Å²) in [7, 11) is 0. The second-order valence-electron chi connectivity index (χ2n) is 5.14. The Hall–Kier alpha value is -3.53. The molecule has 1 aromatic carbocycles. The summed E-state index contributed by atoms with van der Waals surface area (Å²) in [6.45, 7) is 1.64. The molecule has 0 unspecified atom stereocenters. The van der Waals surface area contributed by atoms with Crippen LogP contribution in [0.4, 0.5) is 4.39 Å². The number of nitrogens with zero attached hydrogens (tertiary/aromatic N) is 4. The van der Waals surface area contributed by atoms with Crippen molar-refractivity contribution >= 4 is 5.97 Å². The molecule has 3 aromatic rings. The zero-order valence-electron chi connectivity index (χ0n) is 12.6. The number of hydrogen-bond donors (Lipinski definition) is 1. The minimum atomic E-state index is -1.09. The molecule has 0 fully saturated rings. The van der Waals surface area contributed by atoms with Gasteiger partial charge in [0.1, 0.15) is 11.9 Å². The summed E-state index contributed by atoms with van der Waals surface area (Å²) in [4.78, 5) is 15.2. The van der Waals surface area contributed by atoms with Crippen LogP contribution >= 0.6 is 0 Å². The molecule has 0 radical (unpaired) electrons. The highest BCUT2D eigenvalue weighted by atomic mass is 19.1. The molecule has 0 amide bonds. The van der Waals surface area contributed by atoms with Crippen LogP contribution in [0.25, 0.3) is 16.9 Å². The van der Waals surface area contributed by atoms with Crippen molar-refractivity contribution < 1.29 is 14.3 Å². The van der Waals surface area contributed by atoms with Crippen LogP contribution in [0.3, 0.4) is 0 Å². The summed E-state index contributed by atoms with van der Waals surface area (Å²) >= 11 is 0. The van der Waals surface area contributed by atoms with E-state index in [-0.39, 0.29) is 16.9 Å². The van der Waals surface area contributed by atoms with Gasteiger partial charge >= 0.3 is 5.97 Å². The van der Waals surface area contributed by atoms with E-state index in [1.54, 1.807) is 25.1 Å². The lowest BCUT2D eigenvalue weighted by atomic mass is 10.0. The van der Waals surface area contributed by atoms with Crippen LogP contribution in [-0.2, 0) is 0 Å². The van der Waals surface area contributed by atoms with Crippen LogP contribution in [-0.4, -0.2) is 25.8 Å². The molecule has 0 spiro atoms. The van der Waals surface area contributed by atoms with E-state index in [1.165, 1.54) is 29.3 Å². The van der Waals surface area contributed by atoms with E-state index in [4.69, 9.17) is 5.11 Å². The predicted octanol–water partition coefficient (Wildman–Crippen LogP) is 2.95. The minimum absolute atomic E-state index is 0.0340. The summed E-state index contributed by atoms with van der Waals surface area (Å²) in [5, 5.41) is 22.3. The zero-order valence-corrected chi connectivity index (χ0v) is 12.6. The topological polar surface area (TPSA) is 91.8 Å². The molecule has 2 aromatic heterocycles. The fourth-order valence-electron chi connectivity index (χ4n) is 2.26. The number of aromatic nitrogens is 3. The fourth-order valence-corrected chi connectivity index (χ4v) is 2.26. The molecule has 2 heterocycles. The van der Waals surface area contributed by atoms with Gasteiger partial charge in [-0.2, -0.15) is 10.4 Å². The van der Waals surface area contributed by atoms with Gasteiger partial charge in [0.15, 0.2) is 0 Å². The zero-order chi connectivity index (χ0) is 17.3. The average molecular weight is 322 g/mol. The molecule has 0 saturated heterocycles. The molecular formula is C17H11FN4O2. The number of aromatic carboxylic acids is 1. The van der Waals surface area contributed by atoms with Gasteiger partial charge in [0.2, 0.25) is 0 Å². The van der Waals surface area contributed by atoms with Crippen molar-refractivity contribution in [3.8, 4) is 23.0 Å². The van der Waals surface area contributed by atoms with Crippen LogP contribution < -0.4 is 0 Å². The molecule has 0 aliphatic carbocycles. The molecule has 0 aliphatic heterocycles. The number of carboxylic acids is 1. The normalized spacial score (nSPS) is 10.4. The first-order valence-corrected chi connectivity index (χ1v) is 6.94. The lowest BCUT2D eigenvalue weighted by Crippen LogP contribution is -1.99. The molecule has 0 saturated carbocycles. The largest absolute Gasteiger partial charge is 0.478 e. The van der Waals surface area contributed by atoms with Crippen LogP contribution in [0.5, 0.6) is 0 Å². The van der Waals surface area contributed by atoms with E-state index in [9.17, 15) is 14.4 Å². The van der Waals surface area contributed by atoms with Crippen LogP contribution in [0, 0.1) is 24.1 Å². The van der Waals surface area contributed by atoms with Crippen molar-refractivity contribution in [2.45, 2.75) is 6.92 Å². The van der Waals surface area contributed by atoms with Crippen LogP contribution in [0.1, 0.15) is 21.5 Å². The quantitative estimate of drug-likeness (QED) is 0.800. The van der Waals surface area contributed by atoms with E-state index in [1.807, 2.05) is 0 Å². The molecule has 0 atom stereocenters. The van der Waals surface area contributed by atoms with Crippen molar-refractivity contribution in [3.63, 3.8) is 0 Å². The number of rotatable bonds is 3. The second-order valence-corrected chi connectivity index (χ2v) is 5.14. The van der Waals surface area contributed by atoms with E-state index in [2.05, 4.69) is 16.2 Å². The monoisotopic (exact) mass is 322 g/mol. The summed E-state index contributed by atoms with van der Waals surface area (Å²) in [5.74, 6) is -1.42. The Morgan fingerprint density at radius 1 is 1.33 bits per heavy atom. The van der Waals surface area contributed by atoms with Crippen molar-refractivity contribution in [2.24, 2.45) is 0 Å². The third-order valence-corrected chi connectivity index (χ3v) is 3.52. The molecule has 3 rings (SSSR count). The van der Waals surface area contributed by atoms with Gasteiger partial charge in [0.25, 0.3) is 0 Å².